The molecule has 0 aliphatic carbocycles. The first kappa shape index (κ1) is 14.2. The van der Waals surface area contributed by atoms with Crippen LogP contribution in [0.5, 0.6) is 0 Å². The highest BCUT2D eigenvalue weighted by Gasteiger charge is 2.49. The fourth-order valence-electron chi connectivity index (χ4n) is 2.88. The second kappa shape index (κ2) is 5.54. The minimum absolute atomic E-state index is 0.00695. The van der Waals surface area contributed by atoms with Crippen LogP contribution in [0.2, 0.25) is 0 Å². The Morgan fingerprint density at radius 3 is 2.90 bits per heavy atom. The van der Waals surface area contributed by atoms with Crippen molar-refractivity contribution in [1.82, 2.24) is 4.90 Å². The van der Waals surface area contributed by atoms with Gasteiger partial charge in [0, 0.05) is 29.7 Å². The van der Waals surface area contributed by atoms with E-state index in [1.54, 1.807) is 23.9 Å². The molecule has 1 aromatic rings. The van der Waals surface area contributed by atoms with Crippen molar-refractivity contribution in [2.45, 2.75) is 12.1 Å². The summed E-state index contributed by atoms with van der Waals surface area (Å²) in [5.74, 6) is 0.976. The third-order valence-corrected chi connectivity index (χ3v) is 5.32. The number of fused-ring (bicyclic) bond motifs is 1. The fraction of sp³-hybridized carbons (Fsp3) is 0.500. The maximum Gasteiger partial charge on any atom is 0.169 e. The summed E-state index contributed by atoms with van der Waals surface area (Å²) in [6, 6.07) is 6.09. The Hall–Kier alpha value is -0.780. The van der Waals surface area contributed by atoms with Crippen molar-refractivity contribution in [2.24, 2.45) is 10.9 Å². The molecule has 0 saturated carbocycles. The van der Waals surface area contributed by atoms with Gasteiger partial charge in [-0.2, -0.15) is 0 Å². The van der Waals surface area contributed by atoms with Crippen LogP contribution in [0.4, 0.5) is 4.39 Å². The standard InChI is InChI=1S/C14H16ClFN2OS/c15-6-5-11-9-20-13-17-7-8-18(13)14(11,19)10-1-3-12(16)4-2-10/h1-4,11,19H,5-9H2. The van der Waals surface area contributed by atoms with E-state index in [0.717, 1.165) is 10.9 Å². The Morgan fingerprint density at radius 2 is 2.20 bits per heavy atom. The van der Waals surface area contributed by atoms with Crippen LogP contribution in [-0.2, 0) is 5.72 Å². The molecule has 6 heteroatoms. The van der Waals surface area contributed by atoms with Crippen molar-refractivity contribution in [3.63, 3.8) is 0 Å². The zero-order valence-electron chi connectivity index (χ0n) is 10.9. The molecule has 0 amide bonds. The van der Waals surface area contributed by atoms with E-state index in [-0.39, 0.29) is 11.7 Å². The second-order valence-electron chi connectivity index (χ2n) is 5.03. The van der Waals surface area contributed by atoms with Gasteiger partial charge >= 0.3 is 0 Å². The third kappa shape index (κ3) is 2.22. The molecule has 0 spiro atoms. The quantitative estimate of drug-likeness (QED) is 0.871. The molecule has 3 rings (SSSR count). The first-order valence-electron chi connectivity index (χ1n) is 6.65. The van der Waals surface area contributed by atoms with E-state index >= 15 is 0 Å². The van der Waals surface area contributed by atoms with Gasteiger partial charge in [-0.05, 0) is 18.6 Å². The van der Waals surface area contributed by atoms with E-state index in [0.29, 0.717) is 31.0 Å². The summed E-state index contributed by atoms with van der Waals surface area (Å²) in [6.07, 6.45) is 0.714. The molecule has 2 heterocycles. The Bertz CT molecular complexity index is 524. The molecule has 2 unspecified atom stereocenters. The highest BCUT2D eigenvalue weighted by Crippen LogP contribution is 2.44. The van der Waals surface area contributed by atoms with E-state index in [1.807, 2.05) is 4.90 Å². The van der Waals surface area contributed by atoms with Gasteiger partial charge in [-0.15, -0.1) is 11.6 Å². The maximum absolute atomic E-state index is 13.1. The maximum atomic E-state index is 13.1. The molecule has 2 aliphatic heterocycles. The van der Waals surface area contributed by atoms with Crippen LogP contribution < -0.4 is 0 Å². The molecular weight excluding hydrogens is 299 g/mol. The number of halogens is 2. The summed E-state index contributed by atoms with van der Waals surface area (Å²) >= 11 is 7.55. The van der Waals surface area contributed by atoms with E-state index in [9.17, 15) is 9.50 Å². The van der Waals surface area contributed by atoms with Gasteiger partial charge in [0.25, 0.3) is 0 Å². The molecule has 1 N–H and O–H groups in total. The number of alkyl halides is 1. The number of aliphatic imine (C=N–C) groups is 1. The fourth-order valence-corrected chi connectivity index (χ4v) is 4.46. The molecule has 1 saturated heterocycles. The van der Waals surface area contributed by atoms with Gasteiger partial charge in [-0.25, -0.2) is 4.39 Å². The van der Waals surface area contributed by atoms with Gasteiger partial charge in [0.05, 0.1) is 6.54 Å². The highest BCUT2D eigenvalue weighted by molar-refractivity contribution is 8.13. The molecule has 108 valence electrons. The minimum atomic E-state index is -1.14. The van der Waals surface area contributed by atoms with Gasteiger partial charge in [-0.3, -0.25) is 4.99 Å². The largest absolute Gasteiger partial charge is 0.366 e. The van der Waals surface area contributed by atoms with Crippen LogP contribution >= 0.6 is 23.4 Å². The molecule has 1 aromatic carbocycles. The zero-order chi connectivity index (χ0) is 14.2. The zero-order valence-corrected chi connectivity index (χ0v) is 12.5. The predicted octanol–water partition coefficient (Wildman–Crippen LogP) is 2.63. The summed E-state index contributed by atoms with van der Waals surface area (Å²) in [5.41, 5.74) is -0.424. The molecule has 2 aliphatic rings. The predicted molar refractivity (Wildman–Crippen MR) is 80.6 cm³/mol. The number of amidine groups is 1. The van der Waals surface area contributed by atoms with Gasteiger partial charge in [-0.1, -0.05) is 23.9 Å². The Labute approximate surface area is 126 Å². The molecule has 2 atom stereocenters. The molecule has 20 heavy (non-hydrogen) atoms. The van der Waals surface area contributed by atoms with E-state index < -0.39 is 5.72 Å². The molecular formula is C14H16ClFN2OS. The van der Waals surface area contributed by atoms with Crippen LogP contribution in [-0.4, -0.2) is 39.9 Å². The SMILES string of the molecule is OC1(c2ccc(F)cc2)C(CCCl)CSC2=NCCN21. The number of aliphatic hydroxyl groups is 1. The summed E-state index contributed by atoms with van der Waals surface area (Å²) in [6.45, 7) is 1.38. The third-order valence-electron chi connectivity index (χ3n) is 3.92. The lowest BCUT2D eigenvalue weighted by Gasteiger charge is -2.47. The van der Waals surface area contributed by atoms with Gasteiger partial charge in [0.2, 0.25) is 0 Å². The van der Waals surface area contributed by atoms with Gasteiger partial charge < -0.3 is 10.0 Å². The lowest BCUT2D eigenvalue weighted by atomic mass is 9.86. The van der Waals surface area contributed by atoms with Crippen molar-refractivity contribution in [3.8, 4) is 0 Å². The topological polar surface area (TPSA) is 35.8 Å². The van der Waals surface area contributed by atoms with Crippen LogP contribution in [0.15, 0.2) is 29.3 Å². The molecule has 0 bridgehead atoms. The van der Waals surface area contributed by atoms with Crippen molar-refractivity contribution in [1.29, 1.82) is 0 Å². The summed E-state index contributed by atoms with van der Waals surface area (Å²) in [4.78, 5) is 6.37. The van der Waals surface area contributed by atoms with Gasteiger partial charge in [0.1, 0.15) is 5.82 Å². The van der Waals surface area contributed by atoms with Crippen LogP contribution in [0.1, 0.15) is 12.0 Å². The second-order valence-corrected chi connectivity index (χ2v) is 6.40. The number of hydrogen-bond acceptors (Lipinski definition) is 4. The minimum Gasteiger partial charge on any atom is -0.366 e. The summed E-state index contributed by atoms with van der Waals surface area (Å²) in [7, 11) is 0. The van der Waals surface area contributed by atoms with Crippen molar-refractivity contribution in [3.05, 3.63) is 35.6 Å². The molecule has 1 fully saturated rings. The smallest absolute Gasteiger partial charge is 0.169 e. The lowest BCUT2D eigenvalue weighted by Crippen LogP contribution is -2.56. The lowest BCUT2D eigenvalue weighted by molar-refractivity contribution is -0.116. The van der Waals surface area contributed by atoms with Crippen molar-refractivity contribution in [2.75, 3.05) is 24.7 Å². The Balaban J connectivity index is 2.02. The normalized spacial score (nSPS) is 29.2. The number of rotatable bonds is 3. The van der Waals surface area contributed by atoms with Crippen LogP contribution in [0, 0.1) is 11.7 Å². The number of hydrogen-bond donors (Lipinski definition) is 1. The summed E-state index contributed by atoms with van der Waals surface area (Å²) in [5, 5.41) is 12.2. The molecule has 3 nitrogen and oxygen atoms in total. The summed E-state index contributed by atoms with van der Waals surface area (Å²) < 4.78 is 13.1. The number of thioether (sulfide) groups is 1. The Morgan fingerprint density at radius 1 is 1.45 bits per heavy atom. The molecule has 0 radical (unpaired) electrons. The monoisotopic (exact) mass is 314 g/mol. The average Bonchev–Trinajstić information content (AvgIpc) is 2.92. The van der Waals surface area contributed by atoms with Crippen LogP contribution in [0.25, 0.3) is 0 Å². The number of nitrogens with zero attached hydrogens (tertiary/aromatic N) is 2. The van der Waals surface area contributed by atoms with E-state index in [4.69, 9.17) is 11.6 Å². The Kier molecular flexibility index (Phi) is 3.93. The average molecular weight is 315 g/mol. The highest BCUT2D eigenvalue weighted by atomic mass is 35.5. The van der Waals surface area contributed by atoms with Crippen molar-refractivity contribution < 1.29 is 9.50 Å². The van der Waals surface area contributed by atoms with E-state index in [1.165, 1.54) is 12.1 Å². The first-order valence-corrected chi connectivity index (χ1v) is 8.17. The first-order chi connectivity index (χ1) is 9.66. The molecule has 0 aromatic heterocycles. The van der Waals surface area contributed by atoms with Gasteiger partial charge in [0.15, 0.2) is 10.9 Å². The van der Waals surface area contributed by atoms with E-state index in [2.05, 4.69) is 4.99 Å². The number of benzene rings is 1. The van der Waals surface area contributed by atoms with Crippen molar-refractivity contribution >= 4 is 28.5 Å². The van der Waals surface area contributed by atoms with Crippen LogP contribution in [0.3, 0.4) is 0 Å².